The van der Waals surface area contributed by atoms with E-state index >= 15 is 0 Å². The molecule has 0 bridgehead atoms. The predicted octanol–water partition coefficient (Wildman–Crippen LogP) is 0.355. The number of nitrogens with two attached hydrogens (primary N) is 2. The quantitative estimate of drug-likeness (QED) is 0.806. The zero-order valence-electron chi connectivity index (χ0n) is 10.6. The largest absolute Gasteiger partial charge is 0.368 e. The van der Waals surface area contributed by atoms with E-state index in [-0.39, 0.29) is 11.8 Å². The molecule has 2 aliphatic rings. The van der Waals surface area contributed by atoms with Crippen LogP contribution in [0.4, 0.5) is 0 Å². The van der Waals surface area contributed by atoms with Gasteiger partial charge >= 0.3 is 0 Å². The molecule has 1 aromatic rings. The Hall–Kier alpha value is -1.36. The fraction of sp³-hybridized carbons (Fsp3) is 0.692. The van der Waals surface area contributed by atoms with Gasteiger partial charge in [0.05, 0.1) is 18.6 Å². The Kier molecular flexibility index (Phi) is 2.66. The highest BCUT2D eigenvalue weighted by Crippen LogP contribution is 2.39. The van der Waals surface area contributed by atoms with E-state index in [0.717, 1.165) is 25.7 Å². The number of carbonyl (C=O) groups excluding carboxylic acids is 1. The minimum absolute atomic E-state index is 0.247. The van der Waals surface area contributed by atoms with Gasteiger partial charge in [0.1, 0.15) is 5.54 Å². The van der Waals surface area contributed by atoms with Crippen LogP contribution in [-0.2, 0) is 24.2 Å². The molecule has 1 aromatic heterocycles. The van der Waals surface area contributed by atoms with Crippen LogP contribution in [0.5, 0.6) is 0 Å². The summed E-state index contributed by atoms with van der Waals surface area (Å²) in [5.41, 5.74) is 13.3. The Morgan fingerprint density at radius 3 is 2.83 bits per heavy atom. The van der Waals surface area contributed by atoms with Gasteiger partial charge in [-0.15, -0.1) is 0 Å². The van der Waals surface area contributed by atoms with Crippen molar-refractivity contribution < 1.29 is 4.79 Å². The molecule has 5 nitrogen and oxygen atoms in total. The molecule has 18 heavy (non-hydrogen) atoms. The van der Waals surface area contributed by atoms with Gasteiger partial charge in [-0.1, -0.05) is 0 Å². The fourth-order valence-corrected chi connectivity index (χ4v) is 2.96. The number of carbonyl (C=O) groups is 1. The van der Waals surface area contributed by atoms with Crippen LogP contribution >= 0.6 is 0 Å². The van der Waals surface area contributed by atoms with Crippen molar-refractivity contribution in [3.8, 4) is 0 Å². The van der Waals surface area contributed by atoms with Crippen molar-refractivity contribution in [3.63, 3.8) is 0 Å². The average molecular weight is 248 g/mol. The van der Waals surface area contributed by atoms with E-state index in [4.69, 9.17) is 11.5 Å². The second-order valence-corrected chi connectivity index (χ2v) is 5.65. The van der Waals surface area contributed by atoms with Gasteiger partial charge in [0, 0.05) is 5.69 Å². The molecule has 1 saturated carbocycles. The molecular weight excluding hydrogens is 228 g/mol. The summed E-state index contributed by atoms with van der Waals surface area (Å²) < 4.78 is 2.05. The van der Waals surface area contributed by atoms with Crippen molar-refractivity contribution in [2.75, 3.05) is 0 Å². The number of primary amides is 1. The molecule has 0 aliphatic heterocycles. The third-order valence-corrected chi connectivity index (χ3v) is 4.31. The van der Waals surface area contributed by atoms with Crippen molar-refractivity contribution in [2.45, 2.75) is 50.6 Å². The van der Waals surface area contributed by atoms with Crippen molar-refractivity contribution in [1.82, 2.24) is 9.55 Å². The lowest BCUT2D eigenvalue weighted by Gasteiger charge is -2.27. The van der Waals surface area contributed by atoms with Gasteiger partial charge in [-0.25, -0.2) is 4.98 Å². The van der Waals surface area contributed by atoms with E-state index in [1.54, 1.807) is 0 Å². The fourth-order valence-electron chi connectivity index (χ4n) is 2.96. The number of fused-ring (bicyclic) bond motifs is 1. The Labute approximate surface area is 107 Å². The zero-order valence-corrected chi connectivity index (χ0v) is 10.6. The molecule has 0 radical (unpaired) electrons. The lowest BCUT2D eigenvalue weighted by Crippen LogP contribution is -2.57. The van der Waals surface area contributed by atoms with Gasteiger partial charge in [-0.05, 0) is 44.4 Å². The van der Waals surface area contributed by atoms with Crippen LogP contribution in [-0.4, -0.2) is 21.0 Å². The summed E-state index contributed by atoms with van der Waals surface area (Å²) in [6.07, 6.45) is 8.32. The number of rotatable bonds is 4. The van der Waals surface area contributed by atoms with Crippen LogP contribution < -0.4 is 11.5 Å². The van der Waals surface area contributed by atoms with Crippen LogP contribution in [0.25, 0.3) is 0 Å². The topological polar surface area (TPSA) is 86.9 Å². The Morgan fingerprint density at radius 1 is 1.44 bits per heavy atom. The summed E-state index contributed by atoms with van der Waals surface area (Å²) in [6, 6.07) is 0. The van der Waals surface area contributed by atoms with Crippen molar-refractivity contribution in [1.29, 1.82) is 0 Å². The highest BCUT2D eigenvalue weighted by molar-refractivity contribution is 5.85. The first-order chi connectivity index (χ1) is 8.61. The van der Waals surface area contributed by atoms with Gasteiger partial charge in [-0.3, -0.25) is 4.79 Å². The number of nitrogens with zero attached hydrogens (tertiary/aromatic N) is 2. The van der Waals surface area contributed by atoms with E-state index in [9.17, 15) is 4.79 Å². The summed E-state index contributed by atoms with van der Waals surface area (Å²) in [7, 11) is 0. The van der Waals surface area contributed by atoms with Crippen molar-refractivity contribution >= 4 is 5.91 Å². The number of aromatic nitrogens is 2. The van der Waals surface area contributed by atoms with Crippen LogP contribution in [0.3, 0.4) is 0 Å². The standard InChI is InChI=1S/C13H20N4O/c14-12(18)13(15,9-5-6-9)7-17-8-16-10-3-1-2-4-11(10)17/h8-9H,1-7,15H2,(H2,14,18). The monoisotopic (exact) mass is 248 g/mol. The third-order valence-electron chi connectivity index (χ3n) is 4.31. The highest BCUT2D eigenvalue weighted by Gasteiger charge is 2.47. The van der Waals surface area contributed by atoms with Gasteiger partial charge in [0.2, 0.25) is 5.91 Å². The second-order valence-electron chi connectivity index (χ2n) is 5.65. The summed E-state index contributed by atoms with van der Waals surface area (Å²) in [4.78, 5) is 16.1. The lowest BCUT2D eigenvalue weighted by molar-refractivity contribution is -0.124. The van der Waals surface area contributed by atoms with Crippen molar-refractivity contribution in [2.24, 2.45) is 17.4 Å². The van der Waals surface area contributed by atoms with E-state index < -0.39 is 5.54 Å². The molecule has 2 aliphatic carbocycles. The lowest BCUT2D eigenvalue weighted by atomic mass is 9.93. The minimum atomic E-state index is -0.897. The van der Waals surface area contributed by atoms with Crippen LogP contribution in [0.1, 0.15) is 37.1 Å². The molecule has 1 atom stereocenters. The SMILES string of the molecule is NC(=O)C(N)(Cn1cnc2c1CCCC2)C1CC1. The number of imidazole rings is 1. The Bertz CT molecular complexity index is 477. The smallest absolute Gasteiger partial charge is 0.239 e. The van der Waals surface area contributed by atoms with Gasteiger partial charge in [-0.2, -0.15) is 0 Å². The Balaban J connectivity index is 1.87. The normalized spacial score (nSPS) is 22.3. The molecule has 1 unspecified atom stereocenters. The summed E-state index contributed by atoms with van der Waals surface area (Å²) in [5, 5.41) is 0. The second kappa shape index (κ2) is 4.09. The molecule has 5 heteroatoms. The maximum absolute atomic E-state index is 11.7. The first-order valence-electron chi connectivity index (χ1n) is 6.73. The van der Waals surface area contributed by atoms with Crippen LogP contribution in [0.2, 0.25) is 0 Å². The van der Waals surface area contributed by atoms with Crippen LogP contribution in [0.15, 0.2) is 6.33 Å². The van der Waals surface area contributed by atoms with E-state index in [2.05, 4.69) is 9.55 Å². The molecule has 98 valence electrons. The zero-order chi connectivity index (χ0) is 12.8. The first-order valence-corrected chi connectivity index (χ1v) is 6.73. The maximum atomic E-state index is 11.7. The van der Waals surface area contributed by atoms with Gasteiger partial charge in [0.25, 0.3) is 0 Å². The number of hydrogen-bond acceptors (Lipinski definition) is 3. The van der Waals surface area contributed by atoms with Gasteiger partial charge in [0.15, 0.2) is 0 Å². The average Bonchev–Trinajstić information content (AvgIpc) is 3.14. The molecule has 1 heterocycles. The summed E-state index contributed by atoms with van der Waals surface area (Å²) in [5.74, 6) is -0.139. The molecule has 4 N–H and O–H groups in total. The van der Waals surface area contributed by atoms with Crippen LogP contribution in [0, 0.1) is 5.92 Å². The molecule has 3 rings (SSSR count). The minimum Gasteiger partial charge on any atom is -0.368 e. The first kappa shape index (κ1) is 11.7. The molecular formula is C13H20N4O. The van der Waals surface area contributed by atoms with Gasteiger partial charge < -0.3 is 16.0 Å². The number of hydrogen-bond donors (Lipinski definition) is 2. The Morgan fingerprint density at radius 2 is 2.17 bits per heavy atom. The van der Waals surface area contributed by atoms with E-state index in [1.807, 2.05) is 6.33 Å². The molecule has 0 spiro atoms. The van der Waals surface area contributed by atoms with Crippen molar-refractivity contribution in [3.05, 3.63) is 17.7 Å². The van der Waals surface area contributed by atoms with E-state index in [0.29, 0.717) is 6.54 Å². The number of amides is 1. The molecule has 1 amide bonds. The molecule has 1 fully saturated rings. The maximum Gasteiger partial charge on any atom is 0.239 e. The molecule has 0 aromatic carbocycles. The molecule has 0 saturated heterocycles. The number of aryl methyl sites for hydroxylation is 1. The summed E-state index contributed by atoms with van der Waals surface area (Å²) in [6.45, 7) is 0.481. The highest BCUT2D eigenvalue weighted by atomic mass is 16.1. The van der Waals surface area contributed by atoms with E-state index in [1.165, 1.54) is 24.2 Å². The summed E-state index contributed by atoms with van der Waals surface area (Å²) >= 11 is 0. The predicted molar refractivity (Wildman–Crippen MR) is 67.7 cm³/mol. The third kappa shape index (κ3) is 1.82.